The Morgan fingerprint density at radius 3 is 2.94 bits per heavy atom. The van der Waals surface area contributed by atoms with Gasteiger partial charge in [0.1, 0.15) is 0 Å². The molecular formula is C14H15NO3. The molecule has 0 bridgehead atoms. The molecule has 0 spiro atoms. The molecule has 1 unspecified atom stereocenters. The van der Waals surface area contributed by atoms with Gasteiger partial charge in [0, 0.05) is 6.61 Å². The zero-order chi connectivity index (χ0) is 12.7. The summed E-state index contributed by atoms with van der Waals surface area (Å²) in [5.41, 5.74) is 2.26. The van der Waals surface area contributed by atoms with Gasteiger partial charge in [-0.3, -0.25) is 9.59 Å². The monoisotopic (exact) mass is 245 g/mol. The van der Waals surface area contributed by atoms with E-state index < -0.39 is 11.7 Å². The van der Waals surface area contributed by atoms with Gasteiger partial charge in [0.15, 0.2) is 0 Å². The summed E-state index contributed by atoms with van der Waals surface area (Å²) in [7, 11) is 0. The fourth-order valence-corrected chi connectivity index (χ4v) is 2.71. The molecule has 1 aromatic carbocycles. The van der Waals surface area contributed by atoms with Crippen LogP contribution in [0.2, 0.25) is 0 Å². The van der Waals surface area contributed by atoms with Crippen molar-refractivity contribution in [2.75, 3.05) is 18.1 Å². The molecule has 0 aromatic heterocycles. The number of hydrogen-bond acceptors (Lipinski definition) is 3. The number of rotatable bonds is 2. The largest absolute Gasteiger partial charge is 0.376 e. The van der Waals surface area contributed by atoms with Crippen LogP contribution in [0, 0.1) is 6.92 Å². The first-order chi connectivity index (χ1) is 8.68. The lowest BCUT2D eigenvalue weighted by atomic mass is 10.1. The molecule has 1 saturated heterocycles. The standard InChI is InChI=1S/C14H15NO3/c1-9-4-2-6-11-12(9)15(14(17)13(11)16)8-10-5-3-7-18-10/h2,4,6,10H,3,5,7-8H2,1H3. The molecular weight excluding hydrogens is 230 g/mol. The smallest absolute Gasteiger partial charge is 0.299 e. The van der Waals surface area contributed by atoms with E-state index in [2.05, 4.69) is 0 Å². The average Bonchev–Trinajstić information content (AvgIpc) is 2.94. The summed E-state index contributed by atoms with van der Waals surface area (Å²) in [5, 5.41) is 0. The van der Waals surface area contributed by atoms with Crippen molar-refractivity contribution in [1.29, 1.82) is 0 Å². The van der Waals surface area contributed by atoms with Crippen molar-refractivity contribution in [3.05, 3.63) is 29.3 Å². The molecule has 0 radical (unpaired) electrons. The van der Waals surface area contributed by atoms with E-state index in [4.69, 9.17) is 4.74 Å². The number of anilines is 1. The summed E-state index contributed by atoms with van der Waals surface area (Å²) in [6.45, 7) is 3.16. The zero-order valence-corrected chi connectivity index (χ0v) is 10.3. The van der Waals surface area contributed by atoms with Gasteiger partial charge in [-0.2, -0.15) is 0 Å². The van der Waals surface area contributed by atoms with Gasteiger partial charge in [-0.05, 0) is 31.4 Å². The first-order valence-electron chi connectivity index (χ1n) is 6.26. The zero-order valence-electron chi connectivity index (χ0n) is 10.3. The second kappa shape index (κ2) is 4.21. The van der Waals surface area contributed by atoms with Crippen molar-refractivity contribution in [3.8, 4) is 0 Å². The molecule has 2 aliphatic rings. The lowest BCUT2D eigenvalue weighted by molar-refractivity contribution is -0.114. The highest BCUT2D eigenvalue weighted by Gasteiger charge is 2.38. The summed E-state index contributed by atoms with van der Waals surface area (Å²) in [5.74, 6) is -0.818. The fourth-order valence-electron chi connectivity index (χ4n) is 2.71. The number of amides is 1. The molecule has 0 aliphatic carbocycles. The van der Waals surface area contributed by atoms with Gasteiger partial charge in [0.25, 0.3) is 11.7 Å². The van der Waals surface area contributed by atoms with Crippen LogP contribution in [0.15, 0.2) is 18.2 Å². The lowest BCUT2D eigenvalue weighted by Crippen LogP contribution is -2.36. The van der Waals surface area contributed by atoms with Crippen molar-refractivity contribution in [3.63, 3.8) is 0 Å². The van der Waals surface area contributed by atoms with Crippen LogP contribution in [0.3, 0.4) is 0 Å². The number of benzene rings is 1. The molecule has 18 heavy (non-hydrogen) atoms. The molecule has 2 heterocycles. The Bertz CT molecular complexity index is 518. The third-order valence-electron chi connectivity index (χ3n) is 3.60. The Hall–Kier alpha value is -1.68. The first kappa shape index (κ1) is 11.4. The highest BCUT2D eigenvalue weighted by molar-refractivity contribution is 6.52. The maximum absolute atomic E-state index is 12.0. The number of Topliss-reactive ketones (excluding diaryl/α,β-unsaturated/α-hetero) is 1. The van der Waals surface area contributed by atoms with Crippen molar-refractivity contribution in [2.24, 2.45) is 0 Å². The van der Waals surface area contributed by atoms with Crippen LogP contribution in [0.1, 0.15) is 28.8 Å². The number of ether oxygens (including phenoxy) is 1. The number of carbonyl (C=O) groups excluding carboxylic acids is 2. The van der Waals surface area contributed by atoms with E-state index in [1.54, 1.807) is 11.0 Å². The van der Waals surface area contributed by atoms with E-state index in [9.17, 15) is 9.59 Å². The van der Waals surface area contributed by atoms with E-state index >= 15 is 0 Å². The van der Waals surface area contributed by atoms with Crippen LogP contribution < -0.4 is 4.90 Å². The van der Waals surface area contributed by atoms with Gasteiger partial charge in [-0.15, -0.1) is 0 Å². The SMILES string of the molecule is Cc1cccc2c1N(CC1CCCO1)C(=O)C2=O. The van der Waals surface area contributed by atoms with E-state index in [0.717, 1.165) is 30.7 Å². The maximum Gasteiger partial charge on any atom is 0.299 e. The molecule has 1 atom stereocenters. The molecule has 1 aromatic rings. The molecule has 0 saturated carbocycles. The van der Waals surface area contributed by atoms with Crippen LogP contribution in [0.5, 0.6) is 0 Å². The summed E-state index contributed by atoms with van der Waals surface area (Å²) in [4.78, 5) is 25.5. The number of nitrogens with zero attached hydrogens (tertiary/aromatic N) is 1. The van der Waals surface area contributed by atoms with Crippen LogP contribution in [-0.2, 0) is 9.53 Å². The van der Waals surface area contributed by atoms with Crippen molar-refractivity contribution >= 4 is 17.4 Å². The highest BCUT2D eigenvalue weighted by atomic mass is 16.5. The predicted molar refractivity (Wildman–Crippen MR) is 66.8 cm³/mol. The van der Waals surface area contributed by atoms with E-state index in [0.29, 0.717) is 12.1 Å². The van der Waals surface area contributed by atoms with Crippen LogP contribution in [0.25, 0.3) is 0 Å². The van der Waals surface area contributed by atoms with Crippen molar-refractivity contribution in [2.45, 2.75) is 25.9 Å². The molecule has 94 valence electrons. The molecule has 3 rings (SSSR count). The number of carbonyl (C=O) groups is 2. The first-order valence-corrected chi connectivity index (χ1v) is 6.26. The van der Waals surface area contributed by atoms with Gasteiger partial charge in [0.05, 0.1) is 23.9 Å². The number of hydrogen-bond donors (Lipinski definition) is 0. The number of ketones is 1. The van der Waals surface area contributed by atoms with E-state index in [1.165, 1.54) is 0 Å². The Labute approximate surface area is 106 Å². The summed E-state index contributed by atoms with van der Waals surface area (Å²) >= 11 is 0. The highest BCUT2D eigenvalue weighted by Crippen LogP contribution is 2.33. The molecule has 4 nitrogen and oxygen atoms in total. The molecule has 2 aliphatic heterocycles. The fraction of sp³-hybridized carbons (Fsp3) is 0.429. The van der Waals surface area contributed by atoms with Gasteiger partial charge >= 0.3 is 0 Å². The third-order valence-corrected chi connectivity index (χ3v) is 3.60. The van der Waals surface area contributed by atoms with Crippen LogP contribution in [-0.4, -0.2) is 30.9 Å². The Balaban J connectivity index is 1.96. The van der Waals surface area contributed by atoms with Gasteiger partial charge in [-0.25, -0.2) is 0 Å². The van der Waals surface area contributed by atoms with E-state index in [-0.39, 0.29) is 6.10 Å². The Morgan fingerprint density at radius 1 is 1.39 bits per heavy atom. The minimum absolute atomic E-state index is 0.0623. The summed E-state index contributed by atoms with van der Waals surface area (Å²) in [6.07, 6.45) is 2.05. The molecule has 1 fully saturated rings. The summed E-state index contributed by atoms with van der Waals surface area (Å²) in [6, 6.07) is 5.46. The van der Waals surface area contributed by atoms with Crippen LogP contribution >= 0.6 is 0 Å². The molecule has 4 heteroatoms. The maximum atomic E-state index is 12.0. The van der Waals surface area contributed by atoms with Gasteiger partial charge in [0.2, 0.25) is 0 Å². The van der Waals surface area contributed by atoms with E-state index in [1.807, 2.05) is 19.1 Å². The molecule has 0 N–H and O–H groups in total. The quantitative estimate of drug-likeness (QED) is 0.745. The van der Waals surface area contributed by atoms with Crippen LogP contribution in [0.4, 0.5) is 5.69 Å². The second-order valence-electron chi connectivity index (χ2n) is 4.85. The minimum atomic E-state index is -0.421. The summed E-state index contributed by atoms with van der Waals surface area (Å²) < 4.78 is 5.55. The Morgan fingerprint density at radius 2 is 2.22 bits per heavy atom. The van der Waals surface area contributed by atoms with Gasteiger partial charge in [-0.1, -0.05) is 12.1 Å². The number of aryl methyl sites for hydroxylation is 1. The predicted octanol–water partition coefficient (Wildman–Crippen LogP) is 1.70. The number of fused-ring (bicyclic) bond motifs is 1. The van der Waals surface area contributed by atoms with Crippen molar-refractivity contribution < 1.29 is 14.3 Å². The van der Waals surface area contributed by atoms with Gasteiger partial charge < -0.3 is 9.64 Å². The van der Waals surface area contributed by atoms with Crippen molar-refractivity contribution in [1.82, 2.24) is 0 Å². The normalized spacial score (nSPS) is 22.7. The Kier molecular flexibility index (Phi) is 2.67. The number of para-hydroxylation sites is 1. The topological polar surface area (TPSA) is 46.6 Å². The third kappa shape index (κ3) is 1.64. The lowest BCUT2D eigenvalue weighted by Gasteiger charge is -2.21. The second-order valence-corrected chi connectivity index (χ2v) is 4.85. The average molecular weight is 245 g/mol. The molecule has 1 amide bonds. The minimum Gasteiger partial charge on any atom is -0.376 e.